The number of aryl methyl sites for hydroxylation is 5. The van der Waals surface area contributed by atoms with Crippen LogP contribution in [0.5, 0.6) is 0 Å². The van der Waals surface area contributed by atoms with E-state index in [0.717, 1.165) is 49.0 Å². The number of rotatable bonds is 4. The van der Waals surface area contributed by atoms with Gasteiger partial charge < -0.3 is 10.2 Å². The number of fused-ring (bicyclic) bond motifs is 1. The minimum Gasteiger partial charge on any atom is -0.335 e. The topological polar surface area (TPSA) is 78.4 Å². The van der Waals surface area contributed by atoms with Gasteiger partial charge in [0.15, 0.2) is 0 Å². The van der Waals surface area contributed by atoms with Crippen LogP contribution in [0.3, 0.4) is 0 Å². The summed E-state index contributed by atoms with van der Waals surface area (Å²) in [6, 6.07) is 5.98. The van der Waals surface area contributed by atoms with E-state index >= 15 is 0 Å². The van der Waals surface area contributed by atoms with Crippen molar-refractivity contribution in [1.82, 2.24) is 19.8 Å². The quantitative estimate of drug-likeness (QED) is 0.655. The zero-order chi connectivity index (χ0) is 23.0. The van der Waals surface area contributed by atoms with Crippen molar-refractivity contribution < 1.29 is 9.59 Å². The van der Waals surface area contributed by atoms with E-state index in [9.17, 15) is 9.59 Å². The number of aromatic nitrogens is 2. The normalized spacial score (nSPS) is 14.7. The number of piperazine rings is 1. The number of benzene rings is 1. The van der Waals surface area contributed by atoms with Crippen molar-refractivity contribution >= 4 is 39.1 Å². The molecule has 7 nitrogen and oxygen atoms in total. The Morgan fingerprint density at radius 1 is 1.00 bits per heavy atom. The summed E-state index contributed by atoms with van der Waals surface area (Å²) < 4.78 is 0. The molecule has 0 unspecified atom stereocenters. The van der Waals surface area contributed by atoms with Crippen LogP contribution in [0.2, 0.25) is 0 Å². The molecule has 0 spiro atoms. The Morgan fingerprint density at radius 3 is 2.31 bits per heavy atom. The Kier molecular flexibility index (Phi) is 6.26. The van der Waals surface area contributed by atoms with Crippen LogP contribution in [0.15, 0.2) is 18.2 Å². The number of para-hydroxylation sites is 1. The number of hydrogen-bond acceptors (Lipinski definition) is 6. The first-order valence-electron chi connectivity index (χ1n) is 10.9. The summed E-state index contributed by atoms with van der Waals surface area (Å²) in [4.78, 5) is 40.4. The molecule has 168 valence electrons. The molecule has 1 aliphatic rings. The van der Waals surface area contributed by atoms with Crippen molar-refractivity contribution in [3.8, 4) is 0 Å². The van der Waals surface area contributed by atoms with Gasteiger partial charge in [-0.15, -0.1) is 11.3 Å². The maximum atomic E-state index is 13.2. The molecule has 0 saturated carbocycles. The van der Waals surface area contributed by atoms with E-state index in [1.807, 2.05) is 57.7 Å². The standard InChI is InChI=1S/C24H29N5O2S/c1-14-7-6-8-15(2)21(14)27-19(30)13-28-9-11-29(12-10-28)24(31)22-16(3)20-17(4)25-18(5)26-23(20)32-22/h6-8H,9-13H2,1-5H3,(H,27,30). The summed E-state index contributed by atoms with van der Waals surface area (Å²) in [5, 5.41) is 4.04. The molecule has 1 fully saturated rings. The number of nitrogens with zero attached hydrogens (tertiary/aromatic N) is 4. The lowest BCUT2D eigenvalue weighted by molar-refractivity contribution is -0.117. The van der Waals surface area contributed by atoms with E-state index in [4.69, 9.17) is 0 Å². The van der Waals surface area contributed by atoms with Crippen molar-refractivity contribution in [2.24, 2.45) is 0 Å². The average molecular weight is 452 g/mol. The molecule has 3 heterocycles. The van der Waals surface area contributed by atoms with Crippen LogP contribution in [-0.4, -0.2) is 64.3 Å². The zero-order valence-corrected chi connectivity index (χ0v) is 20.1. The Hall–Kier alpha value is -2.84. The molecule has 0 aliphatic carbocycles. The van der Waals surface area contributed by atoms with Crippen LogP contribution in [0.4, 0.5) is 5.69 Å². The van der Waals surface area contributed by atoms with E-state index in [-0.39, 0.29) is 11.8 Å². The van der Waals surface area contributed by atoms with Crippen LogP contribution in [0.1, 0.15) is 37.9 Å². The third-order valence-corrected chi connectivity index (χ3v) is 7.22. The van der Waals surface area contributed by atoms with Crippen LogP contribution >= 0.6 is 11.3 Å². The van der Waals surface area contributed by atoms with Crippen LogP contribution in [0, 0.1) is 34.6 Å². The molecule has 2 amide bonds. The number of hydrogen-bond donors (Lipinski definition) is 1. The number of thiophene rings is 1. The lowest BCUT2D eigenvalue weighted by atomic mass is 10.1. The van der Waals surface area contributed by atoms with Crippen LogP contribution < -0.4 is 5.32 Å². The first kappa shape index (κ1) is 22.4. The molecule has 1 saturated heterocycles. The zero-order valence-electron chi connectivity index (χ0n) is 19.3. The summed E-state index contributed by atoms with van der Waals surface area (Å²) in [6.07, 6.45) is 0. The van der Waals surface area contributed by atoms with Gasteiger partial charge in [0.05, 0.1) is 11.4 Å². The Morgan fingerprint density at radius 2 is 1.66 bits per heavy atom. The second-order valence-corrected chi connectivity index (χ2v) is 9.47. The smallest absolute Gasteiger partial charge is 0.264 e. The van der Waals surface area contributed by atoms with E-state index in [1.165, 1.54) is 11.3 Å². The van der Waals surface area contributed by atoms with E-state index in [2.05, 4.69) is 20.2 Å². The van der Waals surface area contributed by atoms with Crippen molar-refractivity contribution in [3.63, 3.8) is 0 Å². The molecule has 4 rings (SSSR count). The molecule has 3 aromatic rings. The van der Waals surface area contributed by atoms with Gasteiger partial charge in [0.25, 0.3) is 5.91 Å². The van der Waals surface area contributed by atoms with Crippen LogP contribution in [0.25, 0.3) is 10.2 Å². The molecule has 2 aromatic heterocycles. The third kappa shape index (κ3) is 4.38. The predicted molar refractivity (Wildman–Crippen MR) is 129 cm³/mol. The summed E-state index contributed by atoms with van der Waals surface area (Å²) in [5.41, 5.74) is 4.88. The molecule has 1 aromatic carbocycles. The Balaban J connectivity index is 1.38. The molecule has 1 N–H and O–H groups in total. The molecule has 1 aliphatic heterocycles. The SMILES string of the molecule is Cc1nc(C)c2c(C)c(C(=O)N3CCN(CC(=O)Nc4c(C)cccc4C)CC3)sc2n1. The Labute approximate surface area is 192 Å². The van der Waals surface area contributed by atoms with Crippen molar-refractivity contribution in [2.75, 3.05) is 38.0 Å². The predicted octanol–water partition coefficient (Wildman–Crippen LogP) is 3.63. The fourth-order valence-corrected chi connectivity index (χ4v) is 5.57. The highest BCUT2D eigenvalue weighted by Crippen LogP contribution is 2.32. The van der Waals surface area contributed by atoms with Gasteiger partial charge >= 0.3 is 0 Å². The fourth-order valence-electron chi connectivity index (χ4n) is 4.32. The van der Waals surface area contributed by atoms with Crippen molar-refractivity contribution in [2.45, 2.75) is 34.6 Å². The lowest BCUT2D eigenvalue weighted by Gasteiger charge is -2.34. The van der Waals surface area contributed by atoms with E-state index in [0.29, 0.717) is 32.7 Å². The number of carbonyl (C=O) groups excluding carboxylic acids is 2. The summed E-state index contributed by atoms with van der Waals surface area (Å²) in [7, 11) is 0. The van der Waals surface area contributed by atoms with Gasteiger partial charge in [0.2, 0.25) is 5.91 Å². The van der Waals surface area contributed by atoms with Gasteiger partial charge in [-0.2, -0.15) is 0 Å². The van der Waals surface area contributed by atoms with Gasteiger partial charge in [-0.05, 0) is 51.3 Å². The highest BCUT2D eigenvalue weighted by atomic mass is 32.1. The molecule has 8 heteroatoms. The maximum Gasteiger partial charge on any atom is 0.264 e. The first-order chi connectivity index (χ1) is 15.2. The van der Waals surface area contributed by atoms with Gasteiger partial charge in [-0.1, -0.05) is 18.2 Å². The van der Waals surface area contributed by atoms with Gasteiger partial charge in [0, 0.05) is 42.9 Å². The van der Waals surface area contributed by atoms with Crippen molar-refractivity contribution in [1.29, 1.82) is 0 Å². The summed E-state index contributed by atoms with van der Waals surface area (Å²) >= 11 is 1.45. The second kappa shape index (κ2) is 8.96. The maximum absolute atomic E-state index is 13.2. The van der Waals surface area contributed by atoms with Gasteiger partial charge in [-0.25, -0.2) is 9.97 Å². The number of nitrogens with one attached hydrogen (secondary N) is 1. The molecule has 0 radical (unpaired) electrons. The lowest BCUT2D eigenvalue weighted by Crippen LogP contribution is -2.50. The fraction of sp³-hybridized carbons (Fsp3) is 0.417. The second-order valence-electron chi connectivity index (χ2n) is 8.48. The van der Waals surface area contributed by atoms with E-state index in [1.54, 1.807) is 0 Å². The highest BCUT2D eigenvalue weighted by molar-refractivity contribution is 7.20. The summed E-state index contributed by atoms with van der Waals surface area (Å²) in [5.74, 6) is 0.747. The number of amides is 2. The molecular weight excluding hydrogens is 422 g/mol. The largest absolute Gasteiger partial charge is 0.335 e. The monoisotopic (exact) mass is 451 g/mol. The minimum absolute atomic E-state index is 0.0213. The third-order valence-electron chi connectivity index (χ3n) is 6.05. The number of anilines is 1. The minimum atomic E-state index is -0.0213. The molecule has 32 heavy (non-hydrogen) atoms. The summed E-state index contributed by atoms with van der Waals surface area (Å²) in [6.45, 7) is 12.7. The number of carbonyl (C=O) groups is 2. The van der Waals surface area contributed by atoms with Crippen LogP contribution in [-0.2, 0) is 4.79 Å². The average Bonchev–Trinajstić information content (AvgIpc) is 3.07. The first-order valence-corrected chi connectivity index (χ1v) is 11.7. The van der Waals surface area contributed by atoms with Crippen molar-refractivity contribution in [3.05, 3.63) is 51.3 Å². The van der Waals surface area contributed by atoms with E-state index < -0.39 is 0 Å². The highest BCUT2D eigenvalue weighted by Gasteiger charge is 2.27. The molecule has 0 atom stereocenters. The molecular formula is C24H29N5O2S. The van der Waals surface area contributed by atoms with Gasteiger partial charge in [0.1, 0.15) is 10.7 Å². The Bertz CT molecular complexity index is 1170. The van der Waals surface area contributed by atoms with Gasteiger partial charge in [-0.3, -0.25) is 14.5 Å². The molecule has 0 bridgehead atoms.